The maximum absolute atomic E-state index is 6.23. The Bertz CT molecular complexity index is 758. The summed E-state index contributed by atoms with van der Waals surface area (Å²) >= 11 is 18.3. The smallest absolute Gasteiger partial charge is 0.124 e. The van der Waals surface area contributed by atoms with Crippen molar-refractivity contribution in [1.29, 1.82) is 0 Å². The van der Waals surface area contributed by atoms with Crippen molar-refractivity contribution in [3.05, 3.63) is 62.6 Å². The Hall–Kier alpha value is -0.430. The van der Waals surface area contributed by atoms with Gasteiger partial charge in [-0.25, -0.2) is 0 Å². The van der Waals surface area contributed by atoms with Gasteiger partial charge in [0.05, 0.1) is 13.2 Å². The quantitative estimate of drug-likeness (QED) is 0.484. The third-order valence-corrected chi connectivity index (χ3v) is 5.27. The van der Waals surface area contributed by atoms with Crippen molar-refractivity contribution >= 4 is 59.6 Å². The van der Waals surface area contributed by atoms with Gasteiger partial charge in [-0.1, -0.05) is 40.9 Å². The van der Waals surface area contributed by atoms with Crippen molar-refractivity contribution < 1.29 is 9.47 Å². The Kier molecular flexibility index (Phi) is 12.7. The van der Waals surface area contributed by atoms with Gasteiger partial charge >= 0.3 is 0 Å². The first-order chi connectivity index (χ1) is 13.1. The molecule has 0 bridgehead atoms. The highest BCUT2D eigenvalue weighted by molar-refractivity contribution is 6.35. The Morgan fingerprint density at radius 1 is 0.931 bits per heavy atom. The lowest BCUT2D eigenvalue weighted by molar-refractivity contribution is 0.0384. The second-order valence-corrected chi connectivity index (χ2v) is 7.69. The Morgan fingerprint density at radius 3 is 2.34 bits per heavy atom. The van der Waals surface area contributed by atoms with Gasteiger partial charge in [0, 0.05) is 58.9 Å². The highest BCUT2D eigenvalue weighted by Gasteiger charge is 2.10. The van der Waals surface area contributed by atoms with Gasteiger partial charge in [-0.05, 0) is 30.3 Å². The van der Waals surface area contributed by atoms with Crippen LogP contribution in [0.5, 0.6) is 5.75 Å². The molecule has 0 unspecified atom stereocenters. The number of morpholine rings is 1. The van der Waals surface area contributed by atoms with Crippen LogP contribution in [0.1, 0.15) is 11.1 Å². The molecule has 1 aliphatic rings. The molecule has 4 nitrogen and oxygen atoms in total. The molecule has 162 valence electrons. The van der Waals surface area contributed by atoms with Crippen LogP contribution in [0.25, 0.3) is 0 Å². The zero-order valence-corrected chi connectivity index (χ0v) is 19.7. The average Bonchev–Trinajstić information content (AvgIpc) is 2.66. The van der Waals surface area contributed by atoms with Gasteiger partial charge < -0.3 is 14.8 Å². The van der Waals surface area contributed by atoms with Gasteiger partial charge in [-0.3, -0.25) is 4.90 Å². The predicted molar refractivity (Wildman–Crippen MR) is 126 cm³/mol. The molecule has 0 aliphatic carbocycles. The fourth-order valence-electron chi connectivity index (χ4n) is 2.91. The number of benzene rings is 2. The van der Waals surface area contributed by atoms with E-state index in [-0.39, 0.29) is 24.8 Å². The zero-order valence-electron chi connectivity index (χ0n) is 15.8. The summed E-state index contributed by atoms with van der Waals surface area (Å²) in [4.78, 5) is 2.40. The predicted octanol–water partition coefficient (Wildman–Crippen LogP) is 5.49. The molecule has 0 spiro atoms. The number of hydrogen-bond acceptors (Lipinski definition) is 4. The van der Waals surface area contributed by atoms with E-state index in [4.69, 9.17) is 44.3 Å². The van der Waals surface area contributed by atoms with Crippen LogP contribution in [0, 0.1) is 0 Å². The van der Waals surface area contributed by atoms with E-state index in [2.05, 4.69) is 10.2 Å². The highest BCUT2D eigenvalue weighted by Crippen LogP contribution is 2.26. The number of rotatable bonds is 8. The van der Waals surface area contributed by atoms with Crippen LogP contribution in [0.4, 0.5) is 0 Å². The fraction of sp³-hybridized carbons (Fsp3) is 0.400. The minimum absolute atomic E-state index is 0. The maximum Gasteiger partial charge on any atom is 0.124 e. The SMILES string of the molecule is Cl.Cl.Clc1ccc(COc2ccc(Cl)cc2CNCCN2CCOCC2)c(Cl)c1. The molecule has 0 radical (unpaired) electrons. The molecule has 0 amide bonds. The average molecular weight is 503 g/mol. The van der Waals surface area contributed by atoms with Crippen molar-refractivity contribution in [3.8, 4) is 5.75 Å². The molecule has 3 rings (SSSR count). The van der Waals surface area contributed by atoms with E-state index >= 15 is 0 Å². The molecule has 2 aromatic carbocycles. The third-order valence-electron chi connectivity index (χ3n) is 4.44. The van der Waals surface area contributed by atoms with Crippen molar-refractivity contribution in [2.75, 3.05) is 39.4 Å². The number of nitrogens with zero attached hydrogens (tertiary/aromatic N) is 1. The van der Waals surface area contributed by atoms with Gasteiger partial charge in [0.25, 0.3) is 0 Å². The van der Waals surface area contributed by atoms with Gasteiger partial charge in [0.2, 0.25) is 0 Å². The van der Waals surface area contributed by atoms with Crippen LogP contribution < -0.4 is 10.1 Å². The zero-order chi connectivity index (χ0) is 19.1. The van der Waals surface area contributed by atoms with Crippen LogP contribution in [0.15, 0.2) is 36.4 Å². The van der Waals surface area contributed by atoms with Gasteiger partial charge in [0.15, 0.2) is 0 Å². The molecule has 1 aliphatic heterocycles. The summed E-state index contributed by atoms with van der Waals surface area (Å²) in [5.41, 5.74) is 1.91. The number of halogens is 5. The van der Waals surface area contributed by atoms with E-state index in [0.29, 0.717) is 28.2 Å². The second-order valence-electron chi connectivity index (χ2n) is 6.41. The van der Waals surface area contributed by atoms with Gasteiger partial charge in [-0.15, -0.1) is 24.8 Å². The van der Waals surface area contributed by atoms with E-state index in [1.807, 2.05) is 30.3 Å². The van der Waals surface area contributed by atoms with Gasteiger partial charge in [-0.2, -0.15) is 0 Å². The summed E-state index contributed by atoms with van der Waals surface area (Å²) in [6, 6.07) is 11.1. The fourth-order valence-corrected chi connectivity index (χ4v) is 3.56. The Balaban J connectivity index is 0.00000210. The minimum Gasteiger partial charge on any atom is -0.489 e. The van der Waals surface area contributed by atoms with Crippen LogP contribution in [0.2, 0.25) is 15.1 Å². The number of ether oxygens (including phenoxy) is 2. The minimum atomic E-state index is 0. The molecule has 1 fully saturated rings. The summed E-state index contributed by atoms with van der Waals surface area (Å²) < 4.78 is 11.4. The summed E-state index contributed by atoms with van der Waals surface area (Å²) in [5, 5.41) is 5.37. The van der Waals surface area contributed by atoms with E-state index < -0.39 is 0 Å². The summed E-state index contributed by atoms with van der Waals surface area (Å²) in [5.74, 6) is 0.796. The van der Waals surface area contributed by atoms with Crippen LogP contribution in [-0.2, 0) is 17.9 Å². The molecule has 29 heavy (non-hydrogen) atoms. The first-order valence-corrected chi connectivity index (χ1v) is 10.1. The lowest BCUT2D eigenvalue weighted by Crippen LogP contribution is -2.40. The molecular formula is C20H25Cl5N2O2. The highest BCUT2D eigenvalue weighted by atomic mass is 35.5. The normalized spacial score (nSPS) is 14.0. The summed E-state index contributed by atoms with van der Waals surface area (Å²) in [7, 11) is 0. The van der Waals surface area contributed by atoms with E-state index in [0.717, 1.165) is 56.3 Å². The van der Waals surface area contributed by atoms with Crippen molar-refractivity contribution in [2.24, 2.45) is 0 Å². The van der Waals surface area contributed by atoms with Crippen LogP contribution in [0.3, 0.4) is 0 Å². The largest absolute Gasteiger partial charge is 0.489 e. The first-order valence-electron chi connectivity index (χ1n) is 8.98. The molecule has 9 heteroatoms. The van der Waals surface area contributed by atoms with E-state index in [1.165, 1.54) is 0 Å². The Labute approximate surface area is 199 Å². The number of nitrogens with one attached hydrogen (secondary N) is 1. The molecule has 0 atom stereocenters. The molecule has 1 saturated heterocycles. The summed E-state index contributed by atoms with van der Waals surface area (Å²) in [6.07, 6.45) is 0. The van der Waals surface area contributed by atoms with E-state index in [1.54, 1.807) is 6.07 Å². The molecule has 2 aromatic rings. The van der Waals surface area contributed by atoms with Crippen molar-refractivity contribution in [2.45, 2.75) is 13.2 Å². The second kappa shape index (κ2) is 13.8. The Morgan fingerprint density at radius 2 is 1.62 bits per heavy atom. The van der Waals surface area contributed by atoms with E-state index in [9.17, 15) is 0 Å². The molecule has 0 aromatic heterocycles. The molecular weight excluding hydrogens is 477 g/mol. The number of hydrogen-bond donors (Lipinski definition) is 1. The lowest BCUT2D eigenvalue weighted by Gasteiger charge is -2.26. The summed E-state index contributed by atoms with van der Waals surface area (Å²) in [6.45, 7) is 6.59. The maximum atomic E-state index is 6.23. The first kappa shape index (κ1) is 26.6. The third kappa shape index (κ3) is 8.68. The lowest BCUT2D eigenvalue weighted by atomic mass is 10.2. The monoisotopic (exact) mass is 500 g/mol. The topological polar surface area (TPSA) is 33.7 Å². The van der Waals surface area contributed by atoms with Crippen LogP contribution in [-0.4, -0.2) is 44.3 Å². The van der Waals surface area contributed by atoms with Gasteiger partial charge in [0.1, 0.15) is 12.4 Å². The molecule has 1 N–H and O–H groups in total. The standard InChI is InChI=1S/C20H23Cl3N2O2.2ClH/c21-17-3-4-20(27-14-15-1-2-18(22)12-19(15)23)16(11-17)13-24-5-6-25-7-9-26-10-8-25;;/h1-4,11-12,24H,5-10,13-14H2;2*1H. The molecule has 1 heterocycles. The van der Waals surface area contributed by atoms with Crippen molar-refractivity contribution in [3.63, 3.8) is 0 Å². The van der Waals surface area contributed by atoms with Crippen molar-refractivity contribution in [1.82, 2.24) is 10.2 Å². The van der Waals surface area contributed by atoms with Crippen LogP contribution >= 0.6 is 59.6 Å². The molecule has 0 saturated carbocycles.